The van der Waals surface area contributed by atoms with Crippen LogP contribution in [0.15, 0.2) is 30.3 Å². The molecule has 0 amide bonds. The van der Waals surface area contributed by atoms with Gasteiger partial charge in [0.05, 0.1) is 0 Å². The summed E-state index contributed by atoms with van der Waals surface area (Å²) in [7, 11) is 0. The summed E-state index contributed by atoms with van der Waals surface area (Å²) in [6, 6.07) is 11.1. The van der Waals surface area contributed by atoms with E-state index in [2.05, 4.69) is 49.1 Å². The van der Waals surface area contributed by atoms with Crippen LogP contribution in [0, 0.1) is 0 Å². The first-order chi connectivity index (χ1) is 16.9. The van der Waals surface area contributed by atoms with Crippen molar-refractivity contribution >= 4 is 0 Å². The maximum Gasteiger partial charge on any atom is 0.0233 e. The van der Waals surface area contributed by atoms with E-state index in [-0.39, 0.29) is 0 Å². The average Bonchev–Trinajstić information content (AvgIpc) is 2.86. The lowest BCUT2D eigenvalue weighted by molar-refractivity contribution is 0.252. The van der Waals surface area contributed by atoms with Crippen LogP contribution in [0.5, 0.6) is 0 Å². The number of unbranched alkanes of at least 4 members (excludes halogenated alkanes) is 20. The smallest absolute Gasteiger partial charge is 0.0233 e. The van der Waals surface area contributed by atoms with E-state index in [0.29, 0.717) is 0 Å². The maximum atomic E-state index is 2.73. The molecule has 0 aliphatic carbocycles. The second-order valence-corrected chi connectivity index (χ2v) is 10.8. The van der Waals surface area contributed by atoms with Crippen molar-refractivity contribution in [1.82, 2.24) is 4.90 Å². The summed E-state index contributed by atoms with van der Waals surface area (Å²) in [6.45, 7) is 8.31. The minimum absolute atomic E-state index is 1.13. The van der Waals surface area contributed by atoms with Crippen LogP contribution in [-0.4, -0.2) is 18.0 Å². The van der Waals surface area contributed by atoms with E-state index < -0.39 is 0 Å². The molecule has 1 aromatic rings. The van der Waals surface area contributed by atoms with Crippen molar-refractivity contribution in [2.75, 3.05) is 13.1 Å². The number of hydrogen-bond acceptors (Lipinski definition) is 1. The molecule has 1 heteroatoms. The Bertz CT molecular complexity index is 497. The lowest BCUT2D eigenvalue weighted by Crippen LogP contribution is -2.25. The van der Waals surface area contributed by atoms with Gasteiger partial charge in [0.25, 0.3) is 0 Å². The molecule has 0 aliphatic rings. The molecule has 0 aromatic heterocycles. The molecule has 0 radical (unpaired) electrons. The standard InChI is InChI=1S/C33H61N/c1-3-5-7-9-11-13-14-15-16-17-18-20-22-27-31-34(32-33-28-24-23-25-29-33)30-26-21-19-12-10-8-6-4-2/h23-25,28-29H,3-22,26-27,30-32H2,1-2H3. The highest BCUT2D eigenvalue weighted by atomic mass is 15.1. The SMILES string of the molecule is CCCCCCCCCCCCCCCCN(CCCCCCCCCC)Cc1ccccc1. The third kappa shape index (κ3) is 20.5. The van der Waals surface area contributed by atoms with Gasteiger partial charge in [0.15, 0.2) is 0 Å². The van der Waals surface area contributed by atoms with Gasteiger partial charge in [-0.05, 0) is 31.5 Å². The first-order valence-corrected chi connectivity index (χ1v) is 15.6. The van der Waals surface area contributed by atoms with Crippen molar-refractivity contribution in [1.29, 1.82) is 0 Å². The maximum absolute atomic E-state index is 2.73. The predicted molar refractivity (Wildman–Crippen MR) is 155 cm³/mol. The molecule has 0 saturated carbocycles. The third-order valence-electron chi connectivity index (χ3n) is 7.40. The fourth-order valence-electron chi connectivity index (χ4n) is 5.11. The number of rotatable bonds is 26. The number of benzene rings is 1. The molecule has 0 fully saturated rings. The second kappa shape index (κ2) is 25.3. The van der Waals surface area contributed by atoms with Crippen LogP contribution in [0.1, 0.15) is 161 Å². The second-order valence-electron chi connectivity index (χ2n) is 10.8. The summed E-state index contributed by atoms with van der Waals surface area (Å²) in [5.41, 5.74) is 1.48. The van der Waals surface area contributed by atoms with Crippen LogP contribution in [0.25, 0.3) is 0 Å². The highest BCUT2D eigenvalue weighted by molar-refractivity contribution is 5.14. The van der Waals surface area contributed by atoms with Crippen molar-refractivity contribution in [3.63, 3.8) is 0 Å². The van der Waals surface area contributed by atoms with E-state index in [1.54, 1.807) is 0 Å². The van der Waals surface area contributed by atoms with E-state index in [0.717, 1.165) is 6.54 Å². The van der Waals surface area contributed by atoms with Crippen molar-refractivity contribution in [2.24, 2.45) is 0 Å². The first-order valence-electron chi connectivity index (χ1n) is 15.6. The molecule has 0 saturated heterocycles. The zero-order valence-electron chi connectivity index (χ0n) is 23.5. The summed E-state index contributed by atoms with van der Waals surface area (Å²) in [5, 5.41) is 0. The fourth-order valence-corrected chi connectivity index (χ4v) is 5.11. The summed E-state index contributed by atoms with van der Waals surface area (Å²) < 4.78 is 0. The van der Waals surface area contributed by atoms with Crippen LogP contribution in [-0.2, 0) is 6.54 Å². The van der Waals surface area contributed by atoms with E-state index in [1.807, 2.05) is 0 Å². The number of nitrogens with zero attached hydrogens (tertiary/aromatic N) is 1. The van der Waals surface area contributed by atoms with Crippen LogP contribution in [0.3, 0.4) is 0 Å². The summed E-state index contributed by atoms with van der Waals surface area (Å²) in [4.78, 5) is 2.73. The van der Waals surface area contributed by atoms with Crippen molar-refractivity contribution in [3.05, 3.63) is 35.9 Å². The van der Waals surface area contributed by atoms with Gasteiger partial charge in [0, 0.05) is 6.54 Å². The Hall–Kier alpha value is -0.820. The lowest BCUT2D eigenvalue weighted by Gasteiger charge is -2.22. The van der Waals surface area contributed by atoms with Gasteiger partial charge in [0.2, 0.25) is 0 Å². The van der Waals surface area contributed by atoms with Gasteiger partial charge in [0.1, 0.15) is 0 Å². The Morgan fingerprint density at radius 3 is 1.09 bits per heavy atom. The van der Waals surface area contributed by atoms with Crippen LogP contribution < -0.4 is 0 Å². The zero-order chi connectivity index (χ0) is 24.4. The van der Waals surface area contributed by atoms with E-state index in [9.17, 15) is 0 Å². The van der Waals surface area contributed by atoms with Crippen molar-refractivity contribution < 1.29 is 0 Å². The topological polar surface area (TPSA) is 3.24 Å². The summed E-state index contributed by atoms with van der Waals surface area (Å²) in [6.07, 6.45) is 31.5. The molecule has 0 aliphatic heterocycles. The minimum atomic E-state index is 1.13. The Balaban J connectivity index is 2.05. The largest absolute Gasteiger partial charge is 0.299 e. The molecule has 1 nitrogen and oxygen atoms in total. The van der Waals surface area contributed by atoms with Gasteiger partial charge < -0.3 is 0 Å². The van der Waals surface area contributed by atoms with Gasteiger partial charge in [-0.3, -0.25) is 4.90 Å². The summed E-state index contributed by atoms with van der Waals surface area (Å²) >= 11 is 0. The Morgan fingerprint density at radius 1 is 0.412 bits per heavy atom. The molecule has 0 atom stereocenters. The minimum Gasteiger partial charge on any atom is -0.299 e. The van der Waals surface area contributed by atoms with E-state index in [1.165, 1.54) is 160 Å². The van der Waals surface area contributed by atoms with Crippen LogP contribution in [0.2, 0.25) is 0 Å². The molecule has 198 valence electrons. The Labute approximate surface area is 215 Å². The van der Waals surface area contributed by atoms with E-state index in [4.69, 9.17) is 0 Å². The van der Waals surface area contributed by atoms with Gasteiger partial charge >= 0.3 is 0 Å². The molecule has 1 aromatic carbocycles. The van der Waals surface area contributed by atoms with Crippen molar-refractivity contribution in [2.45, 2.75) is 162 Å². The predicted octanol–water partition coefficient (Wildman–Crippen LogP) is 11.1. The molecular weight excluding hydrogens is 410 g/mol. The lowest BCUT2D eigenvalue weighted by atomic mass is 10.0. The Kier molecular flexibility index (Phi) is 23.2. The highest BCUT2D eigenvalue weighted by Gasteiger charge is 2.06. The molecule has 34 heavy (non-hydrogen) atoms. The molecule has 0 N–H and O–H groups in total. The highest BCUT2D eigenvalue weighted by Crippen LogP contribution is 2.15. The Morgan fingerprint density at radius 2 is 0.735 bits per heavy atom. The molecular formula is C33H61N. The molecule has 0 unspecified atom stereocenters. The number of hydrogen-bond donors (Lipinski definition) is 0. The van der Waals surface area contributed by atoms with Gasteiger partial charge in [-0.2, -0.15) is 0 Å². The first kappa shape index (κ1) is 31.2. The van der Waals surface area contributed by atoms with Gasteiger partial charge in [-0.25, -0.2) is 0 Å². The normalized spacial score (nSPS) is 11.5. The fraction of sp³-hybridized carbons (Fsp3) is 0.818. The van der Waals surface area contributed by atoms with Crippen molar-refractivity contribution in [3.8, 4) is 0 Å². The van der Waals surface area contributed by atoms with Gasteiger partial charge in [-0.15, -0.1) is 0 Å². The van der Waals surface area contributed by atoms with Gasteiger partial charge in [-0.1, -0.05) is 173 Å². The van der Waals surface area contributed by atoms with Crippen LogP contribution in [0.4, 0.5) is 0 Å². The summed E-state index contributed by atoms with van der Waals surface area (Å²) in [5.74, 6) is 0. The van der Waals surface area contributed by atoms with E-state index >= 15 is 0 Å². The molecule has 0 spiro atoms. The molecule has 0 heterocycles. The molecule has 0 bridgehead atoms. The zero-order valence-corrected chi connectivity index (χ0v) is 23.5. The average molecular weight is 472 g/mol. The quantitative estimate of drug-likeness (QED) is 0.121. The van der Waals surface area contributed by atoms with Crippen LogP contribution >= 0.6 is 0 Å². The third-order valence-corrected chi connectivity index (χ3v) is 7.40. The monoisotopic (exact) mass is 471 g/mol. The molecule has 1 rings (SSSR count).